The Morgan fingerprint density at radius 2 is 2.05 bits per heavy atom. The number of rotatable bonds is 7. The van der Waals surface area contributed by atoms with Gasteiger partial charge in [0, 0.05) is 50.2 Å². The first-order valence-electron chi connectivity index (χ1n) is 8.61. The molecule has 1 N–H and O–H groups in total. The Balaban J connectivity index is 2.01. The number of piperazine rings is 1. The molecule has 1 aliphatic rings. The second kappa shape index (κ2) is 7.41. The molecule has 1 aromatic rings. The van der Waals surface area contributed by atoms with Crippen LogP contribution in [0.15, 0.2) is 12.4 Å². The molecule has 0 aliphatic carbocycles. The van der Waals surface area contributed by atoms with E-state index in [1.165, 1.54) is 32.2 Å². The average molecular weight is 292 g/mol. The van der Waals surface area contributed by atoms with E-state index in [-0.39, 0.29) is 0 Å². The molecule has 1 aliphatic heterocycles. The van der Waals surface area contributed by atoms with Crippen LogP contribution in [0.25, 0.3) is 0 Å². The summed E-state index contributed by atoms with van der Waals surface area (Å²) in [4.78, 5) is 7.04. The van der Waals surface area contributed by atoms with Gasteiger partial charge in [-0.1, -0.05) is 27.2 Å². The molecule has 0 aromatic carbocycles. The monoisotopic (exact) mass is 292 g/mol. The van der Waals surface area contributed by atoms with Crippen molar-refractivity contribution in [2.24, 2.45) is 0 Å². The van der Waals surface area contributed by atoms with E-state index >= 15 is 0 Å². The summed E-state index contributed by atoms with van der Waals surface area (Å²) in [6, 6.07) is 0.685. The Morgan fingerprint density at radius 1 is 1.29 bits per heavy atom. The quantitative estimate of drug-likeness (QED) is 0.839. The zero-order chi connectivity index (χ0) is 15.3. The molecule has 0 saturated carbocycles. The van der Waals surface area contributed by atoms with Crippen LogP contribution in [0.1, 0.15) is 52.3 Å². The zero-order valence-electron chi connectivity index (χ0n) is 14.2. The van der Waals surface area contributed by atoms with Crippen molar-refractivity contribution in [3.05, 3.63) is 18.2 Å². The van der Waals surface area contributed by atoms with Gasteiger partial charge in [-0.2, -0.15) is 0 Å². The second-order valence-corrected chi connectivity index (χ2v) is 6.45. The molecule has 120 valence electrons. The molecule has 0 spiro atoms. The van der Waals surface area contributed by atoms with Gasteiger partial charge in [0.15, 0.2) is 0 Å². The highest BCUT2D eigenvalue weighted by Crippen LogP contribution is 2.24. The standard InChI is InChI=1S/C17H32N4/c1-5-8-16-13-19-17(6-2,7-3)14-21(16)12-11-20-10-9-18-15(20)4/h9-10,16,19H,5-8,11-14H2,1-4H3. The molecule has 0 radical (unpaired) electrons. The van der Waals surface area contributed by atoms with Crippen LogP contribution in [-0.2, 0) is 6.54 Å². The minimum Gasteiger partial charge on any atom is -0.334 e. The van der Waals surface area contributed by atoms with Crippen molar-refractivity contribution in [2.75, 3.05) is 19.6 Å². The molecule has 2 rings (SSSR count). The van der Waals surface area contributed by atoms with Crippen molar-refractivity contribution in [2.45, 2.75) is 71.5 Å². The molecule has 0 bridgehead atoms. The van der Waals surface area contributed by atoms with Gasteiger partial charge >= 0.3 is 0 Å². The fourth-order valence-corrected chi connectivity index (χ4v) is 3.52. The van der Waals surface area contributed by atoms with Gasteiger partial charge in [0.1, 0.15) is 5.82 Å². The molecule has 4 nitrogen and oxygen atoms in total. The number of hydrogen-bond acceptors (Lipinski definition) is 3. The van der Waals surface area contributed by atoms with Gasteiger partial charge < -0.3 is 9.88 Å². The summed E-state index contributed by atoms with van der Waals surface area (Å²) < 4.78 is 2.27. The van der Waals surface area contributed by atoms with Crippen LogP contribution < -0.4 is 5.32 Å². The maximum Gasteiger partial charge on any atom is 0.105 e. The Morgan fingerprint density at radius 3 is 2.62 bits per heavy atom. The molecule has 0 amide bonds. The smallest absolute Gasteiger partial charge is 0.105 e. The Hall–Kier alpha value is -0.870. The van der Waals surface area contributed by atoms with Gasteiger partial charge in [-0.25, -0.2) is 4.98 Å². The van der Waals surface area contributed by atoms with Crippen LogP contribution in [0, 0.1) is 6.92 Å². The first-order chi connectivity index (χ1) is 10.1. The molecule has 1 unspecified atom stereocenters. The summed E-state index contributed by atoms with van der Waals surface area (Å²) in [5.74, 6) is 1.12. The van der Waals surface area contributed by atoms with E-state index < -0.39 is 0 Å². The lowest BCUT2D eigenvalue weighted by molar-refractivity contribution is 0.0649. The lowest BCUT2D eigenvalue weighted by atomic mass is 9.88. The predicted octanol–water partition coefficient (Wildman–Crippen LogP) is 2.82. The van der Waals surface area contributed by atoms with Crippen LogP contribution in [0.4, 0.5) is 0 Å². The van der Waals surface area contributed by atoms with Crippen molar-refractivity contribution in [3.8, 4) is 0 Å². The van der Waals surface area contributed by atoms with E-state index in [9.17, 15) is 0 Å². The lowest BCUT2D eigenvalue weighted by Crippen LogP contribution is -2.64. The van der Waals surface area contributed by atoms with Gasteiger partial charge in [0.25, 0.3) is 0 Å². The maximum atomic E-state index is 4.33. The molecule has 1 saturated heterocycles. The van der Waals surface area contributed by atoms with Crippen molar-refractivity contribution in [1.82, 2.24) is 19.8 Å². The summed E-state index contributed by atoms with van der Waals surface area (Å²) in [6.45, 7) is 13.5. The van der Waals surface area contributed by atoms with E-state index in [1.54, 1.807) is 0 Å². The summed E-state index contributed by atoms with van der Waals surface area (Å²) in [5, 5.41) is 3.84. The number of aryl methyl sites for hydroxylation is 1. The van der Waals surface area contributed by atoms with Gasteiger partial charge in [-0.3, -0.25) is 4.90 Å². The molecule has 2 heterocycles. The van der Waals surface area contributed by atoms with Gasteiger partial charge in [-0.15, -0.1) is 0 Å². The lowest BCUT2D eigenvalue weighted by Gasteiger charge is -2.47. The zero-order valence-corrected chi connectivity index (χ0v) is 14.2. The summed E-state index contributed by atoms with van der Waals surface area (Å²) in [6.07, 6.45) is 8.97. The van der Waals surface area contributed by atoms with Crippen molar-refractivity contribution in [3.63, 3.8) is 0 Å². The topological polar surface area (TPSA) is 33.1 Å². The highest BCUT2D eigenvalue weighted by molar-refractivity contribution is 4.97. The van der Waals surface area contributed by atoms with Crippen LogP contribution in [0.2, 0.25) is 0 Å². The highest BCUT2D eigenvalue weighted by Gasteiger charge is 2.35. The van der Waals surface area contributed by atoms with Crippen molar-refractivity contribution >= 4 is 0 Å². The first kappa shape index (κ1) is 16.5. The van der Waals surface area contributed by atoms with Crippen molar-refractivity contribution < 1.29 is 0 Å². The van der Waals surface area contributed by atoms with Crippen LogP contribution >= 0.6 is 0 Å². The van der Waals surface area contributed by atoms with Gasteiger partial charge in [0.05, 0.1) is 0 Å². The van der Waals surface area contributed by atoms with Gasteiger partial charge in [-0.05, 0) is 26.2 Å². The fraction of sp³-hybridized carbons (Fsp3) is 0.824. The first-order valence-corrected chi connectivity index (χ1v) is 8.61. The summed E-state index contributed by atoms with van der Waals surface area (Å²) in [7, 11) is 0. The maximum absolute atomic E-state index is 4.33. The third-order valence-corrected chi connectivity index (χ3v) is 5.26. The van der Waals surface area contributed by atoms with E-state index in [4.69, 9.17) is 0 Å². The van der Waals surface area contributed by atoms with E-state index in [1.807, 2.05) is 6.20 Å². The third kappa shape index (κ3) is 3.86. The Bertz CT molecular complexity index is 422. The number of aromatic nitrogens is 2. The van der Waals surface area contributed by atoms with E-state index in [0.717, 1.165) is 25.5 Å². The number of nitrogens with zero attached hydrogens (tertiary/aromatic N) is 3. The summed E-state index contributed by atoms with van der Waals surface area (Å²) >= 11 is 0. The largest absolute Gasteiger partial charge is 0.334 e. The van der Waals surface area contributed by atoms with E-state index in [2.05, 4.69) is 53.7 Å². The van der Waals surface area contributed by atoms with Crippen LogP contribution in [0.3, 0.4) is 0 Å². The molecule has 4 heteroatoms. The minimum atomic E-state index is 0.314. The molecule has 1 fully saturated rings. The number of hydrogen-bond donors (Lipinski definition) is 1. The molecule has 1 aromatic heterocycles. The third-order valence-electron chi connectivity index (χ3n) is 5.26. The Kier molecular flexibility index (Phi) is 5.82. The minimum absolute atomic E-state index is 0.314. The highest BCUT2D eigenvalue weighted by atomic mass is 15.3. The SMILES string of the molecule is CCCC1CNC(CC)(CC)CN1CCn1ccnc1C. The van der Waals surface area contributed by atoms with E-state index in [0.29, 0.717) is 11.6 Å². The number of nitrogens with one attached hydrogen (secondary N) is 1. The molecular formula is C17H32N4. The van der Waals surface area contributed by atoms with Crippen LogP contribution in [0.5, 0.6) is 0 Å². The normalized spacial score (nSPS) is 22.6. The fourth-order valence-electron chi connectivity index (χ4n) is 3.52. The molecular weight excluding hydrogens is 260 g/mol. The Labute approximate surface area is 129 Å². The summed E-state index contributed by atoms with van der Waals surface area (Å²) in [5.41, 5.74) is 0.314. The van der Waals surface area contributed by atoms with Crippen LogP contribution in [-0.4, -0.2) is 45.7 Å². The molecule has 21 heavy (non-hydrogen) atoms. The molecule has 1 atom stereocenters. The average Bonchev–Trinajstić information content (AvgIpc) is 2.92. The number of imidazole rings is 1. The van der Waals surface area contributed by atoms with Crippen molar-refractivity contribution in [1.29, 1.82) is 0 Å². The van der Waals surface area contributed by atoms with Gasteiger partial charge in [0.2, 0.25) is 0 Å². The second-order valence-electron chi connectivity index (χ2n) is 6.45. The predicted molar refractivity (Wildman–Crippen MR) is 88.5 cm³/mol.